The Morgan fingerprint density at radius 2 is 2.00 bits per heavy atom. The zero-order chi connectivity index (χ0) is 12.4. The van der Waals surface area contributed by atoms with E-state index in [0.29, 0.717) is 0 Å². The standard InChI is InChI=1S/C14H19N3/c1-9-5-6-12(10(2)7-9)14-11(3)16-17-13(14)8-15-4/h5-7,15H,8H2,1-4H3,(H,16,17). The van der Waals surface area contributed by atoms with E-state index in [1.165, 1.54) is 22.3 Å². The summed E-state index contributed by atoms with van der Waals surface area (Å²) in [6.45, 7) is 7.12. The van der Waals surface area contributed by atoms with Crippen LogP contribution in [0.3, 0.4) is 0 Å². The van der Waals surface area contributed by atoms with E-state index in [1.807, 2.05) is 7.05 Å². The number of hydrogen-bond acceptors (Lipinski definition) is 2. The molecule has 3 nitrogen and oxygen atoms in total. The Morgan fingerprint density at radius 3 is 2.65 bits per heavy atom. The second-order valence-corrected chi connectivity index (χ2v) is 4.52. The van der Waals surface area contributed by atoms with E-state index >= 15 is 0 Å². The minimum Gasteiger partial charge on any atom is -0.314 e. The molecule has 90 valence electrons. The van der Waals surface area contributed by atoms with Gasteiger partial charge in [-0.1, -0.05) is 23.8 Å². The molecule has 1 aromatic heterocycles. The van der Waals surface area contributed by atoms with E-state index in [9.17, 15) is 0 Å². The van der Waals surface area contributed by atoms with Crippen molar-refractivity contribution in [3.63, 3.8) is 0 Å². The Hall–Kier alpha value is -1.61. The van der Waals surface area contributed by atoms with Gasteiger partial charge in [-0.3, -0.25) is 5.10 Å². The molecule has 0 saturated carbocycles. The topological polar surface area (TPSA) is 40.7 Å². The second-order valence-electron chi connectivity index (χ2n) is 4.52. The van der Waals surface area contributed by atoms with Crippen LogP contribution in [-0.2, 0) is 6.54 Å². The van der Waals surface area contributed by atoms with Crippen molar-refractivity contribution in [2.24, 2.45) is 0 Å². The lowest BCUT2D eigenvalue weighted by Gasteiger charge is -2.08. The number of nitrogens with one attached hydrogen (secondary N) is 2. The van der Waals surface area contributed by atoms with Crippen molar-refractivity contribution in [1.29, 1.82) is 0 Å². The molecule has 0 unspecified atom stereocenters. The molecule has 3 heteroatoms. The summed E-state index contributed by atoms with van der Waals surface area (Å²) < 4.78 is 0. The van der Waals surface area contributed by atoms with Crippen LogP contribution >= 0.6 is 0 Å². The van der Waals surface area contributed by atoms with Crippen LogP contribution in [0.2, 0.25) is 0 Å². The molecule has 0 aliphatic heterocycles. The quantitative estimate of drug-likeness (QED) is 0.849. The fourth-order valence-electron chi connectivity index (χ4n) is 2.23. The van der Waals surface area contributed by atoms with Crippen LogP contribution < -0.4 is 5.32 Å². The SMILES string of the molecule is CNCc1n[nH]c(C)c1-c1ccc(C)cc1C. The molecular formula is C14H19N3. The number of nitrogens with zero attached hydrogens (tertiary/aromatic N) is 1. The molecule has 0 bridgehead atoms. The maximum atomic E-state index is 4.36. The van der Waals surface area contributed by atoms with Crippen LogP contribution in [0.25, 0.3) is 11.1 Å². The smallest absolute Gasteiger partial charge is 0.0841 e. The molecule has 1 heterocycles. The van der Waals surface area contributed by atoms with Crippen LogP contribution in [0, 0.1) is 20.8 Å². The summed E-state index contributed by atoms with van der Waals surface area (Å²) in [6, 6.07) is 6.55. The van der Waals surface area contributed by atoms with Crippen molar-refractivity contribution in [1.82, 2.24) is 15.5 Å². The van der Waals surface area contributed by atoms with Crippen molar-refractivity contribution < 1.29 is 0 Å². The summed E-state index contributed by atoms with van der Waals surface area (Å²) >= 11 is 0. The van der Waals surface area contributed by atoms with Gasteiger partial charge in [0.1, 0.15) is 0 Å². The fourth-order valence-corrected chi connectivity index (χ4v) is 2.23. The molecule has 0 atom stereocenters. The third-order valence-corrected chi connectivity index (χ3v) is 3.02. The number of aromatic amines is 1. The summed E-state index contributed by atoms with van der Waals surface area (Å²) in [6.07, 6.45) is 0. The summed E-state index contributed by atoms with van der Waals surface area (Å²) in [5.74, 6) is 0. The Labute approximate surface area is 102 Å². The van der Waals surface area contributed by atoms with Gasteiger partial charge in [-0.2, -0.15) is 5.10 Å². The van der Waals surface area contributed by atoms with Crippen molar-refractivity contribution in [3.05, 3.63) is 40.7 Å². The van der Waals surface area contributed by atoms with Crippen LogP contribution in [0.15, 0.2) is 18.2 Å². The van der Waals surface area contributed by atoms with Crippen molar-refractivity contribution in [3.8, 4) is 11.1 Å². The van der Waals surface area contributed by atoms with Gasteiger partial charge in [0.15, 0.2) is 0 Å². The van der Waals surface area contributed by atoms with Gasteiger partial charge >= 0.3 is 0 Å². The molecule has 0 radical (unpaired) electrons. The molecule has 17 heavy (non-hydrogen) atoms. The number of benzene rings is 1. The fraction of sp³-hybridized carbons (Fsp3) is 0.357. The molecule has 0 saturated heterocycles. The van der Waals surface area contributed by atoms with Gasteiger partial charge in [-0.05, 0) is 38.9 Å². The van der Waals surface area contributed by atoms with Crippen LogP contribution in [0.4, 0.5) is 0 Å². The Morgan fingerprint density at radius 1 is 1.24 bits per heavy atom. The number of aromatic nitrogens is 2. The largest absolute Gasteiger partial charge is 0.314 e. The zero-order valence-corrected chi connectivity index (χ0v) is 10.9. The minimum atomic E-state index is 0.785. The monoisotopic (exact) mass is 229 g/mol. The summed E-state index contributed by atoms with van der Waals surface area (Å²) in [5.41, 5.74) is 7.30. The molecule has 2 N–H and O–H groups in total. The highest BCUT2D eigenvalue weighted by Crippen LogP contribution is 2.29. The Balaban J connectivity index is 2.55. The molecule has 0 aliphatic carbocycles. The van der Waals surface area contributed by atoms with Crippen molar-refractivity contribution in [2.75, 3.05) is 7.05 Å². The van der Waals surface area contributed by atoms with E-state index in [1.54, 1.807) is 0 Å². The number of rotatable bonds is 3. The van der Waals surface area contributed by atoms with Gasteiger partial charge in [0.05, 0.1) is 5.69 Å². The highest BCUT2D eigenvalue weighted by atomic mass is 15.1. The van der Waals surface area contributed by atoms with Gasteiger partial charge in [0.2, 0.25) is 0 Å². The van der Waals surface area contributed by atoms with Crippen molar-refractivity contribution in [2.45, 2.75) is 27.3 Å². The summed E-state index contributed by atoms with van der Waals surface area (Å²) in [5, 5.41) is 10.6. The Bertz CT molecular complexity index is 526. The highest BCUT2D eigenvalue weighted by molar-refractivity contribution is 5.71. The normalized spacial score (nSPS) is 10.8. The lowest BCUT2D eigenvalue weighted by molar-refractivity contribution is 0.784. The van der Waals surface area contributed by atoms with Crippen LogP contribution in [0.1, 0.15) is 22.5 Å². The van der Waals surface area contributed by atoms with Gasteiger partial charge in [0, 0.05) is 17.8 Å². The van der Waals surface area contributed by atoms with Gasteiger partial charge in [-0.15, -0.1) is 0 Å². The molecule has 0 fully saturated rings. The third-order valence-electron chi connectivity index (χ3n) is 3.02. The predicted molar refractivity (Wildman–Crippen MR) is 71.0 cm³/mol. The molecule has 0 amide bonds. The highest BCUT2D eigenvalue weighted by Gasteiger charge is 2.13. The average Bonchev–Trinajstić information content (AvgIpc) is 2.62. The summed E-state index contributed by atoms with van der Waals surface area (Å²) in [4.78, 5) is 0. The molecule has 2 aromatic rings. The lowest BCUT2D eigenvalue weighted by Crippen LogP contribution is -2.06. The van der Waals surface area contributed by atoms with Gasteiger partial charge < -0.3 is 5.32 Å². The third kappa shape index (κ3) is 2.24. The van der Waals surface area contributed by atoms with E-state index in [2.05, 4.69) is 54.5 Å². The van der Waals surface area contributed by atoms with Crippen molar-refractivity contribution >= 4 is 0 Å². The molecule has 2 rings (SSSR count). The number of hydrogen-bond donors (Lipinski definition) is 2. The second kappa shape index (κ2) is 4.72. The van der Waals surface area contributed by atoms with E-state index in [0.717, 1.165) is 17.9 Å². The molecule has 1 aromatic carbocycles. The van der Waals surface area contributed by atoms with Crippen LogP contribution in [-0.4, -0.2) is 17.2 Å². The first kappa shape index (κ1) is 11.9. The first-order valence-electron chi connectivity index (χ1n) is 5.89. The number of aryl methyl sites for hydroxylation is 3. The number of H-pyrrole nitrogens is 1. The first-order valence-corrected chi connectivity index (χ1v) is 5.89. The van der Waals surface area contributed by atoms with E-state index in [4.69, 9.17) is 0 Å². The maximum Gasteiger partial charge on any atom is 0.0841 e. The molecule has 0 spiro atoms. The maximum absolute atomic E-state index is 4.36. The molecule has 0 aliphatic rings. The van der Waals surface area contributed by atoms with Gasteiger partial charge in [-0.25, -0.2) is 0 Å². The van der Waals surface area contributed by atoms with Crippen LogP contribution in [0.5, 0.6) is 0 Å². The van der Waals surface area contributed by atoms with Gasteiger partial charge in [0.25, 0.3) is 0 Å². The summed E-state index contributed by atoms with van der Waals surface area (Å²) in [7, 11) is 1.94. The zero-order valence-electron chi connectivity index (χ0n) is 10.9. The first-order chi connectivity index (χ1) is 8.13. The van der Waals surface area contributed by atoms with E-state index < -0.39 is 0 Å². The Kier molecular flexibility index (Phi) is 3.29. The minimum absolute atomic E-state index is 0.785. The lowest BCUT2D eigenvalue weighted by atomic mass is 9.97. The van der Waals surface area contributed by atoms with E-state index in [-0.39, 0.29) is 0 Å². The average molecular weight is 229 g/mol. The molecular weight excluding hydrogens is 210 g/mol. The predicted octanol–water partition coefficient (Wildman–Crippen LogP) is 2.72.